The topological polar surface area (TPSA) is 59.4 Å². The van der Waals surface area contributed by atoms with E-state index in [1.54, 1.807) is 30.6 Å². The number of carbonyl (C=O) groups is 1. The monoisotopic (exact) mass is 229 g/mol. The highest BCUT2D eigenvalue weighted by molar-refractivity contribution is 5.90. The smallest absolute Gasteiger partial charge is 0.335 e. The Kier molecular flexibility index (Phi) is 3.05. The predicted octanol–water partition coefficient (Wildman–Crippen LogP) is 2.46. The number of rotatable bonds is 3. The van der Waals surface area contributed by atoms with Crippen molar-refractivity contribution in [1.82, 2.24) is 4.98 Å². The molecule has 0 saturated carbocycles. The highest BCUT2D eigenvalue weighted by Gasteiger charge is 2.08. The van der Waals surface area contributed by atoms with Crippen LogP contribution in [0, 0.1) is 0 Å². The van der Waals surface area contributed by atoms with Crippen LogP contribution in [0.4, 0.5) is 0 Å². The first-order chi connectivity index (χ1) is 8.20. The molecule has 4 heteroatoms. The zero-order chi connectivity index (χ0) is 12.3. The van der Waals surface area contributed by atoms with Crippen LogP contribution in [0.3, 0.4) is 0 Å². The minimum atomic E-state index is -0.978. The Morgan fingerprint density at radius 2 is 2.12 bits per heavy atom. The number of hydrogen-bond donors (Lipinski definition) is 1. The van der Waals surface area contributed by atoms with Gasteiger partial charge in [0.05, 0.1) is 12.7 Å². The maximum Gasteiger partial charge on any atom is 0.335 e. The Bertz CT molecular complexity index is 538. The lowest BCUT2D eigenvalue weighted by atomic mass is 10.0. The maximum absolute atomic E-state index is 11.0. The number of carboxylic acid groups (broad SMARTS) is 1. The number of benzene rings is 1. The number of pyridine rings is 1. The normalized spacial score (nSPS) is 9.94. The van der Waals surface area contributed by atoms with Gasteiger partial charge in [-0.1, -0.05) is 6.07 Å². The number of aromatic carboxylic acids is 1. The molecule has 86 valence electrons. The molecule has 2 rings (SSSR count). The number of hydrogen-bond acceptors (Lipinski definition) is 3. The van der Waals surface area contributed by atoms with Crippen LogP contribution in [0.2, 0.25) is 0 Å². The Hall–Kier alpha value is -2.36. The molecule has 1 heterocycles. The molecule has 1 aromatic heterocycles. The molecule has 0 unspecified atom stereocenters. The molecular formula is C13H11NO3. The lowest BCUT2D eigenvalue weighted by Crippen LogP contribution is -1.97. The van der Waals surface area contributed by atoms with Crippen LogP contribution in [-0.2, 0) is 0 Å². The molecule has 0 bridgehead atoms. The third-order valence-electron chi connectivity index (χ3n) is 2.38. The Morgan fingerprint density at radius 1 is 1.29 bits per heavy atom. The van der Waals surface area contributed by atoms with Gasteiger partial charge >= 0.3 is 5.97 Å². The van der Waals surface area contributed by atoms with Crippen molar-refractivity contribution < 1.29 is 14.6 Å². The molecular weight excluding hydrogens is 218 g/mol. The Labute approximate surface area is 98.5 Å². The number of aromatic nitrogens is 1. The third-order valence-corrected chi connectivity index (χ3v) is 2.38. The van der Waals surface area contributed by atoms with E-state index in [2.05, 4.69) is 4.98 Å². The molecule has 4 nitrogen and oxygen atoms in total. The molecule has 0 saturated heterocycles. The standard InChI is InChI=1S/C13H11NO3/c1-17-12-6-10(5-11(7-12)13(15)16)9-3-2-4-14-8-9/h2-8H,1H3,(H,15,16). The second kappa shape index (κ2) is 4.65. The number of ether oxygens (including phenoxy) is 1. The molecule has 1 N–H and O–H groups in total. The first-order valence-corrected chi connectivity index (χ1v) is 5.03. The van der Waals surface area contributed by atoms with Crippen LogP contribution in [0.5, 0.6) is 5.75 Å². The molecule has 0 spiro atoms. The van der Waals surface area contributed by atoms with Crippen molar-refractivity contribution in [2.75, 3.05) is 7.11 Å². The highest BCUT2D eigenvalue weighted by atomic mass is 16.5. The van der Waals surface area contributed by atoms with E-state index < -0.39 is 5.97 Å². The van der Waals surface area contributed by atoms with Gasteiger partial charge in [-0.05, 0) is 29.8 Å². The number of nitrogens with zero attached hydrogens (tertiary/aromatic N) is 1. The highest BCUT2D eigenvalue weighted by Crippen LogP contribution is 2.25. The molecule has 0 aliphatic carbocycles. The number of methoxy groups -OCH3 is 1. The van der Waals surface area contributed by atoms with E-state index in [0.29, 0.717) is 5.75 Å². The summed E-state index contributed by atoms with van der Waals surface area (Å²) in [5, 5.41) is 9.00. The van der Waals surface area contributed by atoms with Crippen LogP contribution < -0.4 is 4.74 Å². The molecule has 0 radical (unpaired) electrons. The van der Waals surface area contributed by atoms with Crippen molar-refractivity contribution in [2.24, 2.45) is 0 Å². The first kappa shape index (κ1) is 11.1. The van der Waals surface area contributed by atoms with Crippen molar-refractivity contribution in [3.63, 3.8) is 0 Å². The lowest BCUT2D eigenvalue weighted by Gasteiger charge is -2.06. The average Bonchev–Trinajstić information content (AvgIpc) is 2.39. The van der Waals surface area contributed by atoms with Gasteiger partial charge in [0.15, 0.2) is 0 Å². The molecule has 17 heavy (non-hydrogen) atoms. The summed E-state index contributed by atoms with van der Waals surface area (Å²) in [5.41, 5.74) is 1.83. The Morgan fingerprint density at radius 3 is 2.71 bits per heavy atom. The van der Waals surface area contributed by atoms with Crippen molar-refractivity contribution in [1.29, 1.82) is 0 Å². The summed E-state index contributed by atoms with van der Waals surface area (Å²) in [7, 11) is 1.51. The molecule has 2 aromatic rings. The second-order valence-electron chi connectivity index (χ2n) is 3.50. The van der Waals surface area contributed by atoms with E-state index in [9.17, 15) is 4.79 Å². The van der Waals surface area contributed by atoms with Crippen LogP contribution in [-0.4, -0.2) is 23.2 Å². The van der Waals surface area contributed by atoms with E-state index in [0.717, 1.165) is 11.1 Å². The van der Waals surface area contributed by atoms with Gasteiger partial charge in [-0.2, -0.15) is 0 Å². The molecule has 0 atom stereocenters. The quantitative estimate of drug-likeness (QED) is 0.878. The van der Waals surface area contributed by atoms with E-state index in [1.807, 2.05) is 6.07 Å². The summed E-state index contributed by atoms with van der Waals surface area (Å²) in [6, 6.07) is 8.54. The fourth-order valence-corrected chi connectivity index (χ4v) is 1.54. The molecule has 1 aromatic carbocycles. The number of carboxylic acids is 1. The summed E-state index contributed by atoms with van der Waals surface area (Å²) >= 11 is 0. The predicted molar refractivity (Wildman–Crippen MR) is 63.2 cm³/mol. The van der Waals surface area contributed by atoms with E-state index in [4.69, 9.17) is 9.84 Å². The van der Waals surface area contributed by atoms with Gasteiger partial charge in [-0.3, -0.25) is 4.98 Å². The second-order valence-corrected chi connectivity index (χ2v) is 3.50. The summed E-state index contributed by atoms with van der Waals surface area (Å²) in [5.74, 6) is -0.460. The third kappa shape index (κ3) is 2.42. The average molecular weight is 229 g/mol. The van der Waals surface area contributed by atoms with Gasteiger partial charge in [-0.25, -0.2) is 4.79 Å². The molecule has 0 amide bonds. The van der Waals surface area contributed by atoms with Gasteiger partial charge in [0.2, 0.25) is 0 Å². The van der Waals surface area contributed by atoms with E-state index in [1.165, 1.54) is 13.2 Å². The molecule has 0 fully saturated rings. The minimum Gasteiger partial charge on any atom is -0.497 e. The van der Waals surface area contributed by atoms with Gasteiger partial charge in [0.25, 0.3) is 0 Å². The lowest BCUT2D eigenvalue weighted by molar-refractivity contribution is 0.0696. The fourth-order valence-electron chi connectivity index (χ4n) is 1.54. The van der Waals surface area contributed by atoms with E-state index >= 15 is 0 Å². The zero-order valence-electron chi connectivity index (χ0n) is 9.25. The van der Waals surface area contributed by atoms with Crippen molar-refractivity contribution in [3.05, 3.63) is 48.3 Å². The summed E-state index contributed by atoms with van der Waals surface area (Å²) in [4.78, 5) is 15.0. The van der Waals surface area contributed by atoms with Crippen LogP contribution >= 0.6 is 0 Å². The Balaban J connectivity index is 2.54. The molecule has 0 aliphatic rings. The fraction of sp³-hybridized carbons (Fsp3) is 0.0769. The summed E-state index contributed by atoms with van der Waals surface area (Å²) < 4.78 is 5.08. The summed E-state index contributed by atoms with van der Waals surface area (Å²) in [6.07, 6.45) is 3.35. The largest absolute Gasteiger partial charge is 0.497 e. The SMILES string of the molecule is COc1cc(C(=O)O)cc(-c2cccnc2)c1. The maximum atomic E-state index is 11.0. The zero-order valence-corrected chi connectivity index (χ0v) is 9.25. The van der Waals surface area contributed by atoms with Gasteiger partial charge in [-0.15, -0.1) is 0 Å². The van der Waals surface area contributed by atoms with Crippen molar-refractivity contribution in [3.8, 4) is 16.9 Å². The van der Waals surface area contributed by atoms with Crippen LogP contribution in [0.25, 0.3) is 11.1 Å². The van der Waals surface area contributed by atoms with Gasteiger partial charge in [0, 0.05) is 18.0 Å². The van der Waals surface area contributed by atoms with Crippen LogP contribution in [0.15, 0.2) is 42.7 Å². The van der Waals surface area contributed by atoms with Crippen molar-refractivity contribution >= 4 is 5.97 Å². The first-order valence-electron chi connectivity index (χ1n) is 5.03. The van der Waals surface area contributed by atoms with Gasteiger partial charge < -0.3 is 9.84 Å². The van der Waals surface area contributed by atoms with Crippen LogP contribution in [0.1, 0.15) is 10.4 Å². The summed E-state index contributed by atoms with van der Waals surface area (Å²) in [6.45, 7) is 0. The van der Waals surface area contributed by atoms with Gasteiger partial charge in [0.1, 0.15) is 5.75 Å². The van der Waals surface area contributed by atoms with E-state index in [-0.39, 0.29) is 5.56 Å². The molecule has 0 aliphatic heterocycles. The van der Waals surface area contributed by atoms with Crippen molar-refractivity contribution in [2.45, 2.75) is 0 Å². The minimum absolute atomic E-state index is 0.197.